The summed E-state index contributed by atoms with van der Waals surface area (Å²) in [4.78, 5) is 11.5. The van der Waals surface area contributed by atoms with E-state index in [1.54, 1.807) is 11.4 Å². The lowest BCUT2D eigenvalue weighted by Crippen LogP contribution is -1.97. The first-order valence-electron chi connectivity index (χ1n) is 4.12. The maximum absolute atomic E-state index is 11.5. The Morgan fingerprint density at radius 1 is 1.21 bits per heavy atom. The maximum Gasteiger partial charge on any atom is 0.346 e. The number of para-hydroxylation sites is 1. The van der Waals surface area contributed by atoms with E-state index in [4.69, 9.17) is 4.42 Å². The van der Waals surface area contributed by atoms with E-state index in [0.29, 0.717) is 11.0 Å². The highest BCUT2D eigenvalue weighted by Crippen LogP contribution is 2.21. The topological polar surface area (TPSA) is 43.1 Å². The highest BCUT2D eigenvalue weighted by molar-refractivity contribution is 7.04. The third-order valence-electron chi connectivity index (χ3n) is 2.13. The number of hydrogen-bond acceptors (Lipinski definition) is 4. The van der Waals surface area contributed by atoms with E-state index in [-0.39, 0.29) is 5.63 Å². The third kappa shape index (κ3) is 0.914. The lowest BCUT2D eigenvalue weighted by atomic mass is 10.2. The van der Waals surface area contributed by atoms with E-state index < -0.39 is 0 Å². The number of aromatic nitrogens is 1. The molecule has 0 radical (unpaired) electrons. The molecule has 1 aromatic carbocycles. The molecule has 0 spiro atoms. The van der Waals surface area contributed by atoms with Gasteiger partial charge in [0.1, 0.15) is 11.1 Å². The predicted molar refractivity (Wildman–Crippen MR) is 55.7 cm³/mol. The summed E-state index contributed by atoms with van der Waals surface area (Å²) in [5.74, 6) is 0. The zero-order valence-electron chi connectivity index (χ0n) is 7.06. The summed E-state index contributed by atoms with van der Waals surface area (Å²) >= 11 is 1.27. The Balaban J connectivity index is 2.73. The minimum Gasteiger partial charge on any atom is -0.422 e. The van der Waals surface area contributed by atoms with Crippen LogP contribution < -0.4 is 5.63 Å². The van der Waals surface area contributed by atoms with Gasteiger partial charge in [-0.05, 0) is 23.7 Å². The number of benzene rings is 1. The molecule has 3 nitrogen and oxygen atoms in total. The van der Waals surface area contributed by atoms with Crippen molar-refractivity contribution in [2.45, 2.75) is 0 Å². The van der Waals surface area contributed by atoms with Crippen LogP contribution in [0.3, 0.4) is 0 Å². The zero-order valence-corrected chi connectivity index (χ0v) is 7.88. The van der Waals surface area contributed by atoms with Crippen molar-refractivity contribution in [1.82, 2.24) is 4.37 Å². The van der Waals surface area contributed by atoms with Crippen LogP contribution in [0.1, 0.15) is 0 Å². The van der Waals surface area contributed by atoms with Gasteiger partial charge in [-0.3, -0.25) is 0 Å². The van der Waals surface area contributed by atoms with Gasteiger partial charge in [0, 0.05) is 10.8 Å². The molecule has 0 aliphatic rings. The molecule has 14 heavy (non-hydrogen) atoms. The molecule has 0 amide bonds. The Morgan fingerprint density at radius 2 is 2.07 bits per heavy atom. The molecule has 0 unspecified atom stereocenters. The standard InChI is InChI=1S/C10H5NO2S/c12-10-7-5-14-11-9(7)6-3-1-2-4-8(6)13-10/h1-5H. The number of nitrogens with zero attached hydrogens (tertiary/aromatic N) is 1. The number of hydrogen-bond donors (Lipinski definition) is 0. The molecule has 0 saturated heterocycles. The first-order chi connectivity index (χ1) is 6.86. The van der Waals surface area contributed by atoms with Crippen LogP contribution in [0.2, 0.25) is 0 Å². The second-order valence-corrected chi connectivity index (χ2v) is 3.59. The van der Waals surface area contributed by atoms with Crippen molar-refractivity contribution in [3.8, 4) is 0 Å². The van der Waals surface area contributed by atoms with E-state index in [0.717, 1.165) is 10.9 Å². The molecule has 2 aromatic heterocycles. The predicted octanol–water partition coefficient (Wildman–Crippen LogP) is 2.40. The SMILES string of the molecule is O=c1oc2ccccc2c2nscc12. The van der Waals surface area contributed by atoms with Crippen molar-refractivity contribution in [3.05, 3.63) is 40.1 Å². The molecule has 0 saturated carbocycles. The summed E-state index contributed by atoms with van der Waals surface area (Å²) < 4.78 is 9.33. The van der Waals surface area contributed by atoms with Gasteiger partial charge in [-0.2, -0.15) is 4.37 Å². The van der Waals surface area contributed by atoms with E-state index in [1.807, 2.05) is 18.2 Å². The smallest absolute Gasteiger partial charge is 0.346 e. The fourth-order valence-electron chi connectivity index (χ4n) is 1.48. The largest absolute Gasteiger partial charge is 0.422 e. The lowest BCUT2D eigenvalue weighted by Gasteiger charge is -1.95. The van der Waals surface area contributed by atoms with Gasteiger partial charge in [0.25, 0.3) is 0 Å². The highest BCUT2D eigenvalue weighted by Gasteiger charge is 2.07. The van der Waals surface area contributed by atoms with Crippen molar-refractivity contribution in [2.75, 3.05) is 0 Å². The molecule has 4 heteroatoms. The van der Waals surface area contributed by atoms with Crippen molar-refractivity contribution in [3.63, 3.8) is 0 Å². The van der Waals surface area contributed by atoms with Crippen LogP contribution in [0.5, 0.6) is 0 Å². The maximum atomic E-state index is 11.5. The first kappa shape index (κ1) is 7.70. The Hall–Kier alpha value is -1.68. The lowest BCUT2D eigenvalue weighted by molar-refractivity contribution is 0.570. The van der Waals surface area contributed by atoms with Crippen molar-refractivity contribution >= 4 is 33.4 Å². The normalized spacial score (nSPS) is 11.1. The van der Waals surface area contributed by atoms with E-state index in [1.165, 1.54) is 11.5 Å². The molecular weight excluding hydrogens is 198 g/mol. The average Bonchev–Trinajstić information content (AvgIpc) is 2.67. The zero-order chi connectivity index (χ0) is 9.54. The van der Waals surface area contributed by atoms with Gasteiger partial charge in [0.05, 0.1) is 5.39 Å². The molecule has 0 aliphatic carbocycles. The van der Waals surface area contributed by atoms with Crippen LogP contribution in [0.25, 0.3) is 21.9 Å². The molecule has 3 rings (SSSR count). The minimum absolute atomic E-state index is 0.313. The Kier molecular flexibility index (Phi) is 1.46. The highest BCUT2D eigenvalue weighted by atomic mass is 32.1. The molecule has 3 aromatic rings. The average molecular weight is 203 g/mol. The fourth-order valence-corrected chi connectivity index (χ4v) is 2.15. The summed E-state index contributed by atoms with van der Waals surface area (Å²) in [6, 6.07) is 7.42. The van der Waals surface area contributed by atoms with Crippen LogP contribution in [0.15, 0.2) is 38.9 Å². The first-order valence-corrected chi connectivity index (χ1v) is 4.96. The van der Waals surface area contributed by atoms with Crippen LogP contribution in [-0.4, -0.2) is 4.37 Å². The van der Waals surface area contributed by atoms with Crippen molar-refractivity contribution < 1.29 is 4.42 Å². The molecule has 2 heterocycles. The molecule has 0 bridgehead atoms. The van der Waals surface area contributed by atoms with Gasteiger partial charge in [-0.15, -0.1) is 0 Å². The molecule has 0 atom stereocenters. The Labute approximate surface area is 82.8 Å². The van der Waals surface area contributed by atoms with E-state index in [2.05, 4.69) is 4.37 Å². The summed E-state index contributed by atoms with van der Waals surface area (Å²) in [7, 11) is 0. The van der Waals surface area contributed by atoms with E-state index >= 15 is 0 Å². The van der Waals surface area contributed by atoms with Crippen LogP contribution >= 0.6 is 11.5 Å². The molecule has 68 valence electrons. The van der Waals surface area contributed by atoms with Gasteiger partial charge in [-0.25, -0.2) is 4.79 Å². The van der Waals surface area contributed by atoms with Gasteiger partial charge >= 0.3 is 5.63 Å². The Morgan fingerprint density at radius 3 is 3.00 bits per heavy atom. The van der Waals surface area contributed by atoms with Crippen LogP contribution in [0, 0.1) is 0 Å². The van der Waals surface area contributed by atoms with Gasteiger partial charge in [0.2, 0.25) is 0 Å². The van der Waals surface area contributed by atoms with Gasteiger partial charge in [0.15, 0.2) is 0 Å². The quantitative estimate of drug-likeness (QED) is 0.527. The van der Waals surface area contributed by atoms with Crippen LogP contribution in [0.4, 0.5) is 0 Å². The van der Waals surface area contributed by atoms with Crippen molar-refractivity contribution in [2.24, 2.45) is 0 Å². The summed E-state index contributed by atoms with van der Waals surface area (Å²) in [5.41, 5.74) is 1.02. The molecule has 0 N–H and O–H groups in total. The molecule has 0 aliphatic heterocycles. The fraction of sp³-hybridized carbons (Fsp3) is 0. The van der Waals surface area contributed by atoms with E-state index in [9.17, 15) is 4.79 Å². The second kappa shape index (κ2) is 2.65. The molecule has 0 fully saturated rings. The number of rotatable bonds is 0. The third-order valence-corrected chi connectivity index (χ3v) is 2.76. The van der Waals surface area contributed by atoms with Crippen LogP contribution in [-0.2, 0) is 0 Å². The minimum atomic E-state index is -0.313. The second-order valence-electron chi connectivity index (χ2n) is 2.96. The molecular formula is C10H5NO2S. The monoisotopic (exact) mass is 203 g/mol. The van der Waals surface area contributed by atoms with Gasteiger partial charge < -0.3 is 4.42 Å². The Bertz CT molecular complexity index is 668. The summed E-state index contributed by atoms with van der Waals surface area (Å²) in [6.07, 6.45) is 0. The van der Waals surface area contributed by atoms with Crippen molar-refractivity contribution in [1.29, 1.82) is 0 Å². The summed E-state index contributed by atoms with van der Waals surface area (Å²) in [5, 5.41) is 3.17. The number of fused-ring (bicyclic) bond motifs is 3. The summed E-state index contributed by atoms with van der Waals surface area (Å²) in [6.45, 7) is 0. The van der Waals surface area contributed by atoms with Gasteiger partial charge in [-0.1, -0.05) is 12.1 Å².